The van der Waals surface area contributed by atoms with E-state index >= 15 is 0 Å². The molecular formula is C10H10N4. The van der Waals surface area contributed by atoms with Gasteiger partial charge in [-0.15, -0.1) is 0 Å². The first-order chi connectivity index (χ1) is 6.83. The number of nitriles is 1. The Morgan fingerprint density at radius 1 is 1.50 bits per heavy atom. The third kappa shape index (κ3) is 1.45. The van der Waals surface area contributed by atoms with Crippen LogP contribution in [0.1, 0.15) is 11.3 Å². The Balaban J connectivity index is 2.50. The van der Waals surface area contributed by atoms with Gasteiger partial charge in [-0.25, -0.2) is 4.98 Å². The van der Waals surface area contributed by atoms with Crippen molar-refractivity contribution in [3.8, 4) is 6.07 Å². The minimum absolute atomic E-state index is 0.644. The Morgan fingerprint density at radius 3 is 3.07 bits per heavy atom. The lowest BCUT2D eigenvalue weighted by molar-refractivity contribution is 0.798. The van der Waals surface area contributed by atoms with Crippen molar-refractivity contribution in [2.24, 2.45) is 0 Å². The summed E-state index contributed by atoms with van der Waals surface area (Å²) in [6.07, 6.45) is 3.70. The lowest BCUT2D eigenvalue weighted by atomic mass is 10.3. The summed E-state index contributed by atoms with van der Waals surface area (Å²) in [7, 11) is 1.88. The summed E-state index contributed by atoms with van der Waals surface area (Å²) in [5.74, 6) is 0. The van der Waals surface area contributed by atoms with E-state index in [1.54, 1.807) is 12.3 Å². The van der Waals surface area contributed by atoms with Crippen molar-refractivity contribution < 1.29 is 0 Å². The molecule has 0 saturated heterocycles. The van der Waals surface area contributed by atoms with E-state index in [1.807, 2.05) is 23.7 Å². The van der Waals surface area contributed by atoms with Gasteiger partial charge in [0.25, 0.3) is 0 Å². The van der Waals surface area contributed by atoms with Crippen LogP contribution in [0.5, 0.6) is 0 Å². The van der Waals surface area contributed by atoms with Gasteiger partial charge in [-0.3, -0.25) is 0 Å². The van der Waals surface area contributed by atoms with Crippen molar-refractivity contribution in [2.75, 3.05) is 7.05 Å². The summed E-state index contributed by atoms with van der Waals surface area (Å²) >= 11 is 0. The van der Waals surface area contributed by atoms with Crippen molar-refractivity contribution in [3.63, 3.8) is 0 Å². The van der Waals surface area contributed by atoms with E-state index < -0.39 is 0 Å². The first kappa shape index (κ1) is 8.73. The standard InChI is InChI=1S/C10H10N4/c1-12-5-9-7-14-6-8(4-11)2-3-10(14)13-9/h2-3,6-7,12H,5H2,1H3. The molecule has 2 aromatic heterocycles. The third-order valence-electron chi connectivity index (χ3n) is 1.99. The average Bonchev–Trinajstić information content (AvgIpc) is 2.59. The Labute approximate surface area is 81.8 Å². The van der Waals surface area contributed by atoms with E-state index in [9.17, 15) is 0 Å². The molecule has 0 fully saturated rings. The number of nitrogens with one attached hydrogen (secondary N) is 1. The molecule has 0 aliphatic heterocycles. The van der Waals surface area contributed by atoms with Gasteiger partial charge >= 0.3 is 0 Å². The highest BCUT2D eigenvalue weighted by molar-refractivity contribution is 5.44. The minimum atomic E-state index is 0.644. The van der Waals surface area contributed by atoms with Crippen LogP contribution < -0.4 is 5.32 Å². The van der Waals surface area contributed by atoms with Crippen LogP contribution in [-0.2, 0) is 6.54 Å². The zero-order valence-corrected chi connectivity index (χ0v) is 7.86. The van der Waals surface area contributed by atoms with Crippen molar-refractivity contribution >= 4 is 5.65 Å². The Bertz CT molecular complexity index is 492. The van der Waals surface area contributed by atoms with Gasteiger partial charge in [0, 0.05) is 18.9 Å². The number of fused-ring (bicyclic) bond motifs is 1. The lowest BCUT2D eigenvalue weighted by Gasteiger charge is -1.91. The maximum absolute atomic E-state index is 8.71. The van der Waals surface area contributed by atoms with Crippen molar-refractivity contribution in [1.29, 1.82) is 5.26 Å². The van der Waals surface area contributed by atoms with Gasteiger partial charge in [0.2, 0.25) is 0 Å². The summed E-state index contributed by atoms with van der Waals surface area (Å²) in [6.45, 7) is 0.740. The van der Waals surface area contributed by atoms with Gasteiger partial charge in [0.05, 0.1) is 11.3 Å². The summed E-state index contributed by atoms with van der Waals surface area (Å²) in [5, 5.41) is 11.7. The van der Waals surface area contributed by atoms with Crippen LogP contribution in [0.25, 0.3) is 5.65 Å². The highest BCUT2D eigenvalue weighted by atomic mass is 15.0. The molecule has 0 atom stereocenters. The predicted octanol–water partition coefficient (Wildman–Crippen LogP) is 0.925. The summed E-state index contributed by atoms with van der Waals surface area (Å²) in [4.78, 5) is 4.37. The number of hydrogen-bond acceptors (Lipinski definition) is 3. The predicted molar refractivity (Wildman–Crippen MR) is 52.7 cm³/mol. The lowest BCUT2D eigenvalue weighted by Crippen LogP contribution is -2.04. The van der Waals surface area contributed by atoms with E-state index in [0.717, 1.165) is 17.9 Å². The van der Waals surface area contributed by atoms with Crippen LogP contribution in [0.4, 0.5) is 0 Å². The molecule has 0 aliphatic rings. The number of hydrogen-bond donors (Lipinski definition) is 1. The fourth-order valence-electron chi connectivity index (χ4n) is 1.38. The maximum Gasteiger partial charge on any atom is 0.137 e. The van der Waals surface area contributed by atoms with Crippen molar-refractivity contribution in [1.82, 2.24) is 14.7 Å². The number of rotatable bonds is 2. The Hall–Kier alpha value is -1.86. The molecular weight excluding hydrogens is 176 g/mol. The van der Waals surface area contributed by atoms with Crippen molar-refractivity contribution in [3.05, 3.63) is 35.8 Å². The summed E-state index contributed by atoms with van der Waals surface area (Å²) in [5.41, 5.74) is 2.49. The van der Waals surface area contributed by atoms with Gasteiger partial charge in [0.15, 0.2) is 0 Å². The van der Waals surface area contributed by atoms with Crippen molar-refractivity contribution in [2.45, 2.75) is 6.54 Å². The summed E-state index contributed by atoms with van der Waals surface area (Å²) < 4.78 is 1.87. The van der Waals surface area contributed by atoms with Crippen LogP contribution in [0, 0.1) is 11.3 Å². The zero-order valence-electron chi connectivity index (χ0n) is 7.86. The van der Waals surface area contributed by atoms with Gasteiger partial charge in [-0.1, -0.05) is 0 Å². The maximum atomic E-state index is 8.71. The van der Waals surface area contributed by atoms with Gasteiger partial charge in [-0.05, 0) is 19.2 Å². The van der Waals surface area contributed by atoms with E-state index in [0.29, 0.717) is 5.56 Å². The minimum Gasteiger partial charge on any atom is -0.314 e. The van der Waals surface area contributed by atoms with Crippen LogP contribution in [0.2, 0.25) is 0 Å². The molecule has 2 rings (SSSR count). The molecule has 0 aliphatic carbocycles. The molecule has 0 unspecified atom stereocenters. The van der Waals surface area contributed by atoms with Crippen LogP contribution in [0.15, 0.2) is 24.5 Å². The van der Waals surface area contributed by atoms with Gasteiger partial charge in [0.1, 0.15) is 11.7 Å². The molecule has 4 heteroatoms. The molecule has 0 amide bonds. The molecule has 0 aromatic carbocycles. The normalized spacial score (nSPS) is 10.3. The molecule has 0 radical (unpaired) electrons. The van der Waals surface area contributed by atoms with E-state index in [4.69, 9.17) is 5.26 Å². The molecule has 70 valence electrons. The molecule has 1 N–H and O–H groups in total. The van der Waals surface area contributed by atoms with Crippen LogP contribution in [-0.4, -0.2) is 16.4 Å². The second-order valence-electron chi connectivity index (χ2n) is 3.06. The molecule has 14 heavy (non-hydrogen) atoms. The first-order valence-electron chi connectivity index (χ1n) is 4.36. The number of imidazole rings is 1. The number of aromatic nitrogens is 2. The fraction of sp³-hybridized carbons (Fsp3) is 0.200. The fourth-order valence-corrected chi connectivity index (χ4v) is 1.38. The quantitative estimate of drug-likeness (QED) is 0.759. The van der Waals surface area contributed by atoms with E-state index in [-0.39, 0.29) is 0 Å². The third-order valence-corrected chi connectivity index (χ3v) is 1.99. The second-order valence-corrected chi connectivity index (χ2v) is 3.06. The zero-order chi connectivity index (χ0) is 9.97. The van der Waals surface area contributed by atoms with Gasteiger partial charge in [-0.2, -0.15) is 5.26 Å². The molecule has 2 aromatic rings. The Morgan fingerprint density at radius 2 is 2.36 bits per heavy atom. The molecule has 0 saturated carbocycles. The Kier molecular flexibility index (Phi) is 2.17. The van der Waals surface area contributed by atoms with Crippen LogP contribution in [0.3, 0.4) is 0 Å². The second kappa shape index (κ2) is 3.48. The monoisotopic (exact) mass is 186 g/mol. The largest absolute Gasteiger partial charge is 0.314 e. The first-order valence-corrected chi connectivity index (χ1v) is 4.36. The topological polar surface area (TPSA) is 53.1 Å². The van der Waals surface area contributed by atoms with E-state index in [1.165, 1.54) is 0 Å². The average molecular weight is 186 g/mol. The number of pyridine rings is 1. The molecule has 4 nitrogen and oxygen atoms in total. The summed E-state index contributed by atoms with van der Waals surface area (Å²) in [6, 6.07) is 5.71. The molecule has 2 heterocycles. The smallest absolute Gasteiger partial charge is 0.137 e. The SMILES string of the molecule is CNCc1cn2cc(C#N)ccc2n1. The van der Waals surface area contributed by atoms with E-state index in [2.05, 4.69) is 16.4 Å². The number of nitrogens with zero attached hydrogens (tertiary/aromatic N) is 3. The van der Waals surface area contributed by atoms with Gasteiger partial charge < -0.3 is 9.72 Å². The molecule has 0 spiro atoms. The highest BCUT2D eigenvalue weighted by Gasteiger charge is 2.00. The highest BCUT2D eigenvalue weighted by Crippen LogP contribution is 2.06. The van der Waals surface area contributed by atoms with Crippen LogP contribution >= 0.6 is 0 Å². The molecule has 0 bridgehead atoms.